The fraction of sp³-hybridized carbons (Fsp3) is 0.619. The highest BCUT2D eigenvalue weighted by atomic mass is 16.2. The maximum atomic E-state index is 13.0. The van der Waals surface area contributed by atoms with Crippen molar-refractivity contribution >= 4 is 17.5 Å². The van der Waals surface area contributed by atoms with Gasteiger partial charge in [-0.2, -0.15) is 0 Å². The standard InChI is InChI=1S/C21H30N2O2/c1-17-9-11-19(12-10-17)23(20(24)15-18-7-3-4-8-18)16-21(25)22-13-5-2-6-14-22/h9-12,18H,2-8,13-16H2,1H3. The first-order chi connectivity index (χ1) is 12.1. The maximum absolute atomic E-state index is 13.0. The van der Waals surface area contributed by atoms with Crippen molar-refractivity contribution in [2.24, 2.45) is 5.92 Å². The van der Waals surface area contributed by atoms with Crippen LogP contribution in [0.15, 0.2) is 24.3 Å². The molecule has 136 valence electrons. The van der Waals surface area contributed by atoms with Crippen LogP contribution in [0.1, 0.15) is 56.9 Å². The second-order valence-electron chi connectivity index (χ2n) is 7.61. The lowest BCUT2D eigenvalue weighted by Gasteiger charge is -2.30. The van der Waals surface area contributed by atoms with Crippen molar-refractivity contribution in [2.45, 2.75) is 58.3 Å². The Morgan fingerprint density at radius 1 is 1.00 bits per heavy atom. The molecule has 2 fully saturated rings. The second-order valence-corrected chi connectivity index (χ2v) is 7.61. The lowest BCUT2D eigenvalue weighted by Crippen LogP contribution is -2.45. The van der Waals surface area contributed by atoms with Crippen LogP contribution in [0.2, 0.25) is 0 Å². The molecule has 0 bridgehead atoms. The normalized spacial score (nSPS) is 18.4. The van der Waals surface area contributed by atoms with Crippen LogP contribution >= 0.6 is 0 Å². The summed E-state index contributed by atoms with van der Waals surface area (Å²) in [4.78, 5) is 29.3. The molecular weight excluding hydrogens is 312 g/mol. The molecule has 0 spiro atoms. The Labute approximate surface area is 151 Å². The van der Waals surface area contributed by atoms with Crippen molar-refractivity contribution in [3.05, 3.63) is 29.8 Å². The number of rotatable bonds is 5. The highest BCUT2D eigenvalue weighted by Crippen LogP contribution is 2.29. The van der Waals surface area contributed by atoms with Crippen LogP contribution in [0.3, 0.4) is 0 Å². The number of carbonyl (C=O) groups excluding carboxylic acids is 2. The van der Waals surface area contributed by atoms with Gasteiger partial charge < -0.3 is 9.80 Å². The number of nitrogens with zero attached hydrogens (tertiary/aromatic N) is 2. The van der Waals surface area contributed by atoms with Gasteiger partial charge >= 0.3 is 0 Å². The predicted octanol–water partition coefficient (Wildman–Crippen LogP) is 3.92. The Morgan fingerprint density at radius 3 is 2.28 bits per heavy atom. The molecule has 4 heteroatoms. The molecule has 0 atom stereocenters. The minimum absolute atomic E-state index is 0.0834. The maximum Gasteiger partial charge on any atom is 0.242 e. The molecule has 1 saturated carbocycles. The average molecular weight is 342 g/mol. The molecule has 1 heterocycles. The number of anilines is 1. The molecule has 25 heavy (non-hydrogen) atoms. The van der Waals surface area contributed by atoms with Gasteiger partial charge in [0.05, 0.1) is 0 Å². The van der Waals surface area contributed by atoms with Crippen LogP contribution in [0.25, 0.3) is 0 Å². The number of piperidine rings is 1. The van der Waals surface area contributed by atoms with Gasteiger partial charge in [0.25, 0.3) is 0 Å². The first kappa shape index (κ1) is 18.0. The van der Waals surface area contributed by atoms with Crippen molar-refractivity contribution in [3.63, 3.8) is 0 Å². The minimum atomic E-state index is 0.0834. The summed E-state index contributed by atoms with van der Waals surface area (Å²) in [5.74, 6) is 0.673. The molecule has 3 rings (SSSR count). The van der Waals surface area contributed by atoms with Gasteiger partial charge in [-0.05, 0) is 57.1 Å². The van der Waals surface area contributed by atoms with Gasteiger partial charge in [-0.15, -0.1) is 0 Å². The van der Waals surface area contributed by atoms with E-state index in [1.165, 1.54) is 19.3 Å². The molecule has 0 radical (unpaired) electrons. The number of benzene rings is 1. The summed E-state index contributed by atoms with van der Waals surface area (Å²) in [5, 5.41) is 0. The highest BCUT2D eigenvalue weighted by molar-refractivity contribution is 5.98. The summed E-state index contributed by atoms with van der Waals surface area (Å²) in [7, 11) is 0. The fourth-order valence-electron chi connectivity index (χ4n) is 4.00. The molecule has 1 saturated heterocycles. The number of likely N-dealkylation sites (tertiary alicyclic amines) is 1. The Kier molecular flexibility index (Phi) is 6.11. The molecule has 0 N–H and O–H groups in total. The van der Waals surface area contributed by atoms with Crippen molar-refractivity contribution in [2.75, 3.05) is 24.5 Å². The zero-order valence-electron chi connectivity index (χ0n) is 15.4. The molecule has 4 nitrogen and oxygen atoms in total. The zero-order chi connectivity index (χ0) is 17.6. The molecule has 0 unspecified atom stereocenters. The summed E-state index contributed by atoms with van der Waals surface area (Å²) in [6, 6.07) is 7.95. The Hall–Kier alpha value is -1.84. The van der Waals surface area contributed by atoms with E-state index >= 15 is 0 Å². The molecule has 0 aromatic heterocycles. The van der Waals surface area contributed by atoms with E-state index < -0.39 is 0 Å². The first-order valence-electron chi connectivity index (χ1n) is 9.78. The van der Waals surface area contributed by atoms with E-state index in [0.717, 1.165) is 50.0 Å². The van der Waals surface area contributed by atoms with Gasteiger partial charge in [-0.25, -0.2) is 0 Å². The summed E-state index contributed by atoms with van der Waals surface area (Å²) >= 11 is 0. The second kappa shape index (κ2) is 8.50. The highest BCUT2D eigenvalue weighted by Gasteiger charge is 2.26. The van der Waals surface area contributed by atoms with Crippen LogP contribution in [-0.2, 0) is 9.59 Å². The largest absolute Gasteiger partial charge is 0.341 e. The SMILES string of the molecule is Cc1ccc(N(CC(=O)N2CCCCC2)C(=O)CC2CCCC2)cc1. The van der Waals surface area contributed by atoms with E-state index in [4.69, 9.17) is 0 Å². The van der Waals surface area contributed by atoms with Crippen LogP contribution in [0.4, 0.5) is 5.69 Å². The number of hydrogen-bond acceptors (Lipinski definition) is 2. The van der Waals surface area contributed by atoms with Gasteiger partial charge in [-0.3, -0.25) is 9.59 Å². The van der Waals surface area contributed by atoms with Crippen molar-refractivity contribution in [1.29, 1.82) is 0 Å². The number of carbonyl (C=O) groups is 2. The van der Waals surface area contributed by atoms with Crippen molar-refractivity contribution in [1.82, 2.24) is 4.90 Å². The van der Waals surface area contributed by atoms with Gasteiger partial charge in [0.15, 0.2) is 0 Å². The van der Waals surface area contributed by atoms with E-state index in [0.29, 0.717) is 12.3 Å². The van der Waals surface area contributed by atoms with Gasteiger partial charge in [0.2, 0.25) is 11.8 Å². The Morgan fingerprint density at radius 2 is 1.64 bits per heavy atom. The van der Waals surface area contributed by atoms with E-state index in [2.05, 4.69) is 0 Å². The topological polar surface area (TPSA) is 40.6 Å². The van der Waals surface area contributed by atoms with E-state index in [-0.39, 0.29) is 18.4 Å². The summed E-state index contributed by atoms with van der Waals surface area (Å²) in [6.07, 6.45) is 8.68. The van der Waals surface area contributed by atoms with Crippen LogP contribution in [0, 0.1) is 12.8 Å². The summed E-state index contributed by atoms with van der Waals surface area (Å²) in [6.45, 7) is 3.87. The van der Waals surface area contributed by atoms with Crippen LogP contribution in [-0.4, -0.2) is 36.3 Å². The van der Waals surface area contributed by atoms with Gasteiger partial charge in [0.1, 0.15) is 6.54 Å². The Balaban J connectivity index is 1.71. The van der Waals surface area contributed by atoms with Crippen LogP contribution in [0.5, 0.6) is 0 Å². The fourth-order valence-corrected chi connectivity index (χ4v) is 4.00. The smallest absolute Gasteiger partial charge is 0.242 e. The summed E-state index contributed by atoms with van der Waals surface area (Å²) in [5.41, 5.74) is 2.01. The summed E-state index contributed by atoms with van der Waals surface area (Å²) < 4.78 is 0. The third-order valence-corrected chi connectivity index (χ3v) is 5.59. The third kappa shape index (κ3) is 4.83. The monoisotopic (exact) mass is 342 g/mol. The average Bonchev–Trinajstić information content (AvgIpc) is 3.14. The minimum Gasteiger partial charge on any atom is -0.341 e. The number of amides is 2. The number of aryl methyl sites for hydroxylation is 1. The lowest BCUT2D eigenvalue weighted by molar-refractivity contribution is -0.132. The molecule has 1 aromatic carbocycles. The first-order valence-corrected chi connectivity index (χ1v) is 9.78. The Bertz CT molecular complexity index is 584. The quantitative estimate of drug-likeness (QED) is 0.814. The zero-order valence-corrected chi connectivity index (χ0v) is 15.4. The third-order valence-electron chi connectivity index (χ3n) is 5.59. The van der Waals surface area contributed by atoms with E-state index in [9.17, 15) is 9.59 Å². The molecule has 2 aliphatic rings. The molecule has 2 amide bonds. The van der Waals surface area contributed by atoms with Gasteiger partial charge in [-0.1, -0.05) is 30.5 Å². The molecule has 1 aliphatic heterocycles. The molecule has 1 aliphatic carbocycles. The van der Waals surface area contributed by atoms with Crippen LogP contribution < -0.4 is 4.90 Å². The number of hydrogen-bond donors (Lipinski definition) is 0. The molecular formula is C21H30N2O2. The van der Waals surface area contributed by atoms with E-state index in [1.807, 2.05) is 36.1 Å². The van der Waals surface area contributed by atoms with Gasteiger partial charge in [0, 0.05) is 25.2 Å². The van der Waals surface area contributed by atoms with Crippen molar-refractivity contribution < 1.29 is 9.59 Å². The lowest BCUT2D eigenvalue weighted by atomic mass is 10.0. The molecule has 1 aromatic rings. The van der Waals surface area contributed by atoms with Crippen molar-refractivity contribution in [3.8, 4) is 0 Å². The van der Waals surface area contributed by atoms with E-state index in [1.54, 1.807) is 4.90 Å². The predicted molar refractivity (Wildman–Crippen MR) is 101 cm³/mol.